The third-order valence-corrected chi connectivity index (χ3v) is 3.29. The predicted octanol–water partition coefficient (Wildman–Crippen LogP) is 1.88. The molecule has 1 heterocycles. The minimum Gasteiger partial charge on any atom is -0.340 e. The predicted molar refractivity (Wildman–Crippen MR) is 67.3 cm³/mol. The second-order valence-corrected chi connectivity index (χ2v) is 5.32. The van der Waals surface area contributed by atoms with Gasteiger partial charge in [-0.3, -0.25) is 4.79 Å². The van der Waals surface area contributed by atoms with E-state index in [-0.39, 0.29) is 5.92 Å². The van der Waals surface area contributed by atoms with E-state index in [2.05, 4.69) is 33.0 Å². The highest BCUT2D eigenvalue weighted by molar-refractivity contribution is 5.79. The highest BCUT2D eigenvalue weighted by Crippen LogP contribution is 2.19. The molecule has 16 heavy (non-hydrogen) atoms. The van der Waals surface area contributed by atoms with Crippen LogP contribution >= 0.6 is 0 Å². The van der Waals surface area contributed by atoms with E-state index in [9.17, 15) is 4.79 Å². The lowest BCUT2D eigenvalue weighted by Gasteiger charge is -2.34. The van der Waals surface area contributed by atoms with Gasteiger partial charge >= 0.3 is 0 Å². The number of rotatable bonds is 4. The van der Waals surface area contributed by atoms with Crippen LogP contribution in [0.3, 0.4) is 0 Å². The number of piperidine rings is 1. The Morgan fingerprint density at radius 2 is 2.12 bits per heavy atom. The van der Waals surface area contributed by atoms with E-state index >= 15 is 0 Å². The van der Waals surface area contributed by atoms with E-state index in [0.29, 0.717) is 17.9 Å². The van der Waals surface area contributed by atoms with Crippen molar-refractivity contribution in [2.24, 2.45) is 11.8 Å². The Balaban J connectivity index is 2.58. The lowest BCUT2D eigenvalue weighted by Crippen LogP contribution is -2.47. The van der Waals surface area contributed by atoms with E-state index in [1.807, 2.05) is 4.90 Å². The zero-order valence-electron chi connectivity index (χ0n) is 11.1. The summed E-state index contributed by atoms with van der Waals surface area (Å²) >= 11 is 0. The Morgan fingerprint density at radius 3 is 2.62 bits per heavy atom. The minimum absolute atomic E-state index is 0.192. The van der Waals surface area contributed by atoms with Crippen LogP contribution in [0.2, 0.25) is 0 Å². The fourth-order valence-electron chi connectivity index (χ4n) is 2.44. The van der Waals surface area contributed by atoms with Gasteiger partial charge in [-0.15, -0.1) is 0 Å². The van der Waals surface area contributed by atoms with Gasteiger partial charge in [0.2, 0.25) is 5.91 Å². The Labute approximate surface area is 99.6 Å². The molecule has 0 radical (unpaired) electrons. The average Bonchev–Trinajstić information content (AvgIpc) is 2.24. The lowest BCUT2D eigenvalue weighted by molar-refractivity contribution is -0.138. The molecule has 2 unspecified atom stereocenters. The molecular formula is C13H26N2O. The van der Waals surface area contributed by atoms with Gasteiger partial charge in [0.25, 0.3) is 0 Å². The molecule has 0 aromatic heterocycles. The summed E-state index contributed by atoms with van der Waals surface area (Å²) in [7, 11) is 0. The molecule has 1 N–H and O–H groups in total. The maximum Gasteiger partial charge on any atom is 0.227 e. The van der Waals surface area contributed by atoms with Crippen LogP contribution in [0.5, 0.6) is 0 Å². The molecule has 1 amide bonds. The first-order chi connectivity index (χ1) is 7.56. The molecule has 2 atom stereocenters. The number of amides is 1. The first-order valence-electron chi connectivity index (χ1n) is 6.57. The zero-order chi connectivity index (χ0) is 12.1. The number of nitrogens with one attached hydrogen (secondary N) is 1. The van der Waals surface area contributed by atoms with E-state index < -0.39 is 0 Å². The molecule has 0 aromatic carbocycles. The van der Waals surface area contributed by atoms with Gasteiger partial charge in [0.05, 0.1) is 5.92 Å². The summed E-state index contributed by atoms with van der Waals surface area (Å²) in [5.74, 6) is 1.16. The summed E-state index contributed by atoms with van der Waals surface area (Å²) in [4.78, 5) is 14.4. The monoisotopic (exact) mass is 226 g/mol. The van der Waals surface area contributed by atoms with Crippen molar-refractivity contribution in [1.29, 1.82) is 0 Å². The van der Waals surface area contributed by atoms with Crippen molar-refractivity contribution < 1.29 is 4.79 Å². The van der Waals surface area contributed by atoms with Crippen LogP contribution < -0.4 is 5.32 Å². The number of hydrogen-bond donors (Lipinski definition) is 1. The maximum atomic E-state index is 12.4. The molecule has 0 spiro atoms. The molecule has 3 nitrogen and oxygen atoms in total. The van der Waals surface area contributed by atoms with Crippen LogP contribution in [-0.2, 0) is 4.79 Å². The third kappa shape index (κ3) is 3.48. The van der Waals surface area contributed by atoms with Crippen molar-refractivity contribution in [2.75, 3.05) is 19.6 Å². The third-order valence-electron chi connectivity index (χ3n) is 3.29. The summed E-state index contributed by atoms with van der Waals surface area (Å²) in [6.07, 6.45) is 2.08. The van der Waals surface area contributed by atoms with Crippen LogP contribution in [0.1, 0.15) is 40.5 Å². The first kappa shape index (κ1) is 13.5. The van der Waals surface area contributed by atoms with Gasteiger partial charge in [0.15, 0.2) is 0 Å². The van der Waals surface area contributed by atoms with Crippen LogP contribution in [0.25, 0.3) is 0 Å². The summed E-state index contributed by atoms with van der Waals surface area (Å²) in [6.45, 7) is 11.4. The molecular weight excluding hydrogens is 200 g/mol. The van der Waals surface area contributed by atoms with Gasteiger partial charge < -0.3 is 10.2 Å². The van der Waals surface area contributed by atoms with Gasteiger partial charge in [-0.05, 0) is 39.2 Å². The zero-order valence-corrected chi connectivity index (χ0v) is 11.1. The molecule has 1 rings (SSSR count). The van der Waals surface area contributed by atoms with Crippen LogP contribution in [0, 0.1) is 11.8 Å². The van der Waals surface area contributed by atoms with E-state index in [1.54, 1.807) is 0 Å². The summed E-state index contributed by atoms with van der Waals surface area (Å²) in [5.41, 5.74) is 0. The second kappa shape index (κ2) is 6.24. The van der Waals surface area contributed by atoms with Gasteiger partial charge in [-0.25, -0.2) is 0 Å². The van der Waals surface area contributed by atoms with Crippen molar-refractivity contribution in [2.45, 2.75) is 46.6 Å². The Kier molecular flexibility index (Phi) is 5.26. The highest BCUT2D eigenvalue weighted by Gasteiger charge is 2.29. The normalized spacial score (nSPS) is 25.8. The van der Waals surface area contributed by atoms with Gasteiger partial charge in [0.1, 0.15) is 0 Å². The molecule has 1 aliphatic rings. The molecule has 0 aromatic rings. The van der Waals surface area contributed by atoms with Crippen molar-refractivity contribution >= 4 is 5.91 Å². The average molecular weight is 226 g/mol. The molecule has 1 saturated heterocycles. The Hall–Kier alpha value is -0.570. The topological polar surface area (TPSA) is 32.3 Å². The van der Waals surface area contributed by atoms with E-state index in [1.165, 1.54) is 0 Å². The van der Waals surface area contributed by atoms with E-state index in [4.69, 9.17) is 0 Å². The van der Waals surface area contributed by atoms with Crippen molar-refractivity contribution in [3.63, 3.8) is 0 Å². The van der Waals surface area contributed by atoms with Crippen molar-refractivity contribution in [1.82, 2.24) is 10.2 Å². The molecule has 0 saturated carbocycles. The van der Waals surface area contributed by atoms with Gasteiger partial charge in [-0.1, -0.05) is 13.8 Å². The second-order valence-electron chi connectivity index (χ2n) is 5.32. The number of nitrogens with zero attached hydrogens (tertiary/aromatic N) is 1. The summed E-state index contributed by atoms with van der Waals surface area (Å²) in [6, 6.07) is 0.324. The minimum atomic E-state index is 0.192. The van der Waals surface area contributed by atoms with Gasteiger partial charge in [-0.2, -0.15) is 0 Å². The molecule has 0 aliphatic carbocycles. The Bertz CT molecular complexity index is 228. The summed E-state index contributed by atoms with van der Waals surface area (Å²) in [5, 5.41) is 3.35. The molecule has 1 aliphatic heterocycles. The largest absolute Gasteiger partial charge is 0.340 e. The van der Waals surface area contributed by atoms with E-state index in [0.717, 1.165) is 32.5 Å². The van der Waals surface area contributed by atoms with Gasteiger partial charge in [0, 0.05) is 19.1 Å². The smallest absolute Gasteiger partial charge is 0.227 e. The summed E-state index contributed by atoms with van der Waals surface area (Å²) < 4.78 is 0. The van der Waals surface area contributed by atoms with Crippen LogP contribution in [0.4, 0.5) is 0 Å². The fraction of sp³-hybridized carbons (Fsp3) is 0.923. The Morgan fingerprint density at radius 1 is 1.44 bits per heavy atom. The SMILES string of the molecule is CCCN(C(=O)C1CNCC(C)C1)C(C)C. The number of carbonyl (C=O) groups excluding carboxylic acids is 1. The quantitative estimate of drug-likeness (QED) is 0.794. The highest BCUT2D eigenvalue weighted by atomic mass is 16.2. The van der Waals surface area contributed by atoms with Crippen LogP contribution in [-0.4, -0.2) is 36.5 Å². The maximum absolute atomic E-state index is 12.4. The molecule has 3 heteroatoms. The molecule has 1 fully saturated rings. The van der Waals surface area contributed by atoms with Crippen LogP contribution in [0.15, 0.2) is 0 Å². The lowest BCUT2D eigenvalue weighted by atomic mass is 9.90. The number of carbonyl (C=O) groups is 1. The van der Waals surface area contributed by atoms with Crippen molar-refractivity contribution in [3.05, 3.63) is 0 Å². The fourth-order valence-corrected chi connectivity index (χ4v) is 2.44. The molecule has 94 valence electrons. The first-order valence-corrected chi connectivity index (χ1v) is 6.57. The molecule has 0 bridgehead atoms. The standard InChI is InChI=1S/C13H26N2O/c1-5-6-15(10(2)3)13(16)12-7-11(4)8-14-9-12/h10-12,14H,5-9H2,1-4H3. The number of hydrogen-bond acceptors (Lipinski definition) is 2. The van der Waals surface area contributed by atoms with Crippen molar-refractivity contribution in [3.8, 4) is 0 Å².